The fraction of sp³-hybridized carbons (Fsp3) is 0.643. The van der Waals surface area contributed by atoms with Gasteiger partial charge in [0.05, 0.1) is 6.20 Å². The van der Waals surface area contributed by atoms with Crippen LogP contribution in [-0.4, -0.2) is 21.6 Å². The minimum Gasteiger partial charge on any atom is -0.335 e. The van der Waals surface area contributed by atoms with Crippen LogP contribution in [0.3, 0.4) is 0 Å². The number of nitrogens with one attached hydrogen (secondary N) is 2. The number of H-pyrrole nitrogens is 1. The van der Waals surface area contributed by atoms with Gasteiger partial charge in [-0.1, -0.05) is 20.8 Å². The molecule has 1 fully saturated rings. The second-order valence-electron chi connectivity index (χ2n) is 6.67. The highest BCUT2D eigenvalue weighted by molar-refractivity contribution is 5.76. The van der Waals surface area contributed by atoms with E-state index in [4.69, 9.17) is 0 Å². The normalized spacial score (nSPS) is 24.6. The predicted molar refractivity (Wildman–Crippen MR) is 75.8 cm³/mol. The Morgan fingerprint density at radius 3 is 2.71 bits per heavy atom. The van der Waals surface area contributed by atoms with Crippen LogP contribution >= 0.6 is 0 Å². The van der Waals surface area contributed by atoms with E-state index in [0.717, 1.165) is 19.3 Å². The number of halogens is 1. The fourth-order valence-electron chi connectivity index (χ4n) is 3.30. The first-order valence-electron chi connectivity index (χ1n) is 7.00. The van der Waals surface area contributed by atoms with E-state index in [-0.39, 0.29) is 11.5 Å². The molecule has 7 heteroatoms. The van der Waals surface area contributed by atoms with Crippen LogP contribution in [0.1, 0.15) is 40.0 Å². The summed E-state index contributed by atoms with van der Waals surface area (Å²) in [6, 6.07) is -0.789. The summed E-state index contributed by atoms with van der Waals surface area (Å²) in [5.74, 6) is -0.704. The fourth-order valence-corrected chi connectivity index (χ4v) is 3.30. The molecule has 2 rings (SSSR count). The van der Waals surface area contributed by atoms with Gasteiger partial charge in [0.1, 0.15) is 0 Å². The summed E-state index contributed by atoms with van der Waals surface area (Å²) in [4.78, 5) is 36.3. The second-order valence-corrected chi connectivity index (χ2v) is 6.67. The summed E-state index contributed by atoms with van der Waals surface area (Å²) < 4.78 is 13.8. The van der Waals surface area contributed by atoms with Gasteiger partial charge in [0, 0.05) is 6.04 Å². The van der Waals surface area contributed by atoms with E-state index in [0.29, 0.717) is 16.7 Å². The lowest BCUT2D eigenvalue weighted by atomic mass is 9.71. The molecule has 2 unspecified atom stereocenters. The van der Waals surface area contributed by atoms with Crippen molar-refractivity contribution in [2.24, 2.45) is 11.3 Å². The molecular formula is C14H20FN3O3. The third-order valence-corrected chi connectivity index (χ3v) is 3.83. The molecule has 1 amide bonds. The summed E-state index contributed by atoms with van der Waals surface area (Å²) in [6.45, 7) is 6.38. The van der Waals surface area contributed by atoms with E-state index in [1.807, 2.05) is 0 Å². The first kappa shape index (κ1) is 15.5. The molecule has 0 aromatic carbocycles. The second kappa shape index (κ2) is 5.46. The van der Waals surface area contributed by atoms with Crippen molar-refractivity contribution in [3.8, 4) is 0 Å². The third kappa shape index (κ3) is 3.59. The molecule has 0 radical (unpaired) electrons. The summed E-state index contributed by atoms with van der Waals surface area (Å²) >= 11 is 0. The first-order chi connectivity index (χ1) is 9.68. The SMILES string of the molecule is CC1CC(NC(=O)n2cc(F)c(=O)[nH]c2=O)CC(C)(C)C1. The zero-order chi connectivity index (χ0) is 15.8. The Morgan fingerprint density at radius 2 is 2.10 bits per heavy atom. The lowest BCUT2D eigenvalue weighted by Crippen LogP contribution is -2.47. The number of nitrogens with zero attached hydrogens (tertiary/aromatic N) is 1. The molecule has 0 saturated heterocycles. The predicted octanol–water partition coefficient (Wildman–Crippen LogP) is 1.45. The van der Waals surface area contributed by atoms with Crippen molar-refractivity contribution in [3.05, 3.63) is 32.9 Å². The molecule has 1 aliphatic rings. The lowest BCUT2D eigenvalue weighted by Gasteiger charge is -2.39. The molecule has 1 heterocycles. The van der Waals surface area contributed by atoms with Gasteiger partial charge in [0.15, 0.2) is 0 Å². The number of hydrogen-bond donors (Lipinski definition) is 2. The van der Waals surface area contributed by atoms with Crippen molar-refractivity contribution in [1.29, 1.82) is 0 Å². The standard InChI is InChI=1S/C14H20FN3O3/c1-8-4-9(6-14(2,3)5-8)16-12(20)18-7-10(15)11(19)17-13(18)21/h7-9H,4-6H2,1-3H3,(H,16,20)(H,17,19,21). The Balaban J connectivity index is 2.17. The molecule has 21 heavy (non-hydrogen) atoms. The van der Waals surface area contributed by atoms with Crippen molar-refractivity contribution >= 4 is 6.03 Å². The van der Waals surface area contributed by atoms with Gasteiger partial charge in [-0.2, -0.15) is 4.39 Å². The number of hydrogen-bond acceptors (Lipinski definition) is 3. The Hall–Kier alpha value is -1.92. The van der Waals surface area contributed by atoms with Crippen molar-refractivity contribution in [2.75, 3.05) is 0 Å². The molecule has 1 aliphatic carbocycles. The number of carbonyl (C=O) groups excluding carboxylic acids is 1. The number of aromatic nitrogens is 2. The summed E-state index contributed by atoms with van der Waals surface area (Å²) in [5, 5.41) is 2.74. The van der Waals surface area contributed by atoms with E-state index in [2.05, 4.69) is 26.1 Å². The summed E-state index contributed by atoms with van der Waals surface area (Å²) in [7, 11) is 0. The van der Waals surface area contributed by atoms with Crippen molar-refractivity contribution in [2.45, 2.75) is 46.1 Å². The molecule has 0 spiro atoms. The molecule has 0 aliphatic heterocycles. The average Bonchev–Trinajstić information content (AvgIpc) is 2.30. The van der Waals surface area contributed by atoms with Gasteiger partial charge in [-0.05, 0) is 30.6 Å². The zero-order valence-electron chi connectivity index (χ0n) is 12.4. The third-order valence-electron chi connectivity index (χ3n) is 3.83. The van der Waals surface area contributed by atoms with Crippen molar-refractivity contribution in [1.82, 2.24) is 14.9 Å². The minimum absolute atomic E-state index is 0.0712. The van der Waals surface area contributed by atoms with Crippen LogP contribution in [0.4, 0.5) is 9.18 Å². The topological polar surface area (TPSA) is 84.0 Å². The quantitative estimate of drug-likeness (QED) is 0.823. The molecule has 1 saturated carbocycles. The largest absolute Gasteiger partial charge is 0.336 e. The molecule has 0 bridgehead atoms. The summed E-state index contributed by atoms with van der Waals surface area (Å²) in [5.41, 5.74) is -1.96. The van der Waals surface area contributed by atoms with Gasteiger partial charge in [0.2, 0.25) is 5.82 Å². The zero-order valence-corrected chi connectivity index (χ0v) is 12.4. The molecule has 2 N–H and O–H groups in total. The van der Waals surface area contributed by atoms with Crippen LogP contribution in [0.2, 0.25) is 0 Å². The molecule has 116 valence electrons. The van der Waals surface area contributed by atoms with E-state index in [1.165, 1.54) is 0 Å². The highest BCUT2D eigenvalue weighted by atomic mass is 19.1. The van der Waals surface area contributed by atoms with Gasteiger partial charge in [-0.25, -0.2) is 14.2 Å². The van der Waals surface area contributed by atoms with Crippen LogP contribution in [0.5, 0.6) is 0 Å². The maximum absolute atomic E-state index is 13.2. The first-order valence-corrected chi connectivity index (χ1v) is 7.00. The van der Waals surface area contributed by atoms with Gasteiger partial charge < -0.3 is 5.32 Å². The van der Waals surface area contributed by atoms with Gasteiger partial charge >= 0.3 is 11.7 Å². The number of rotatable bonds is 1. The van der Waals surface area contributed by atoms with E-state index in [1.54, 1.807) is 4.98 Å². The van der Waals surface area contributed by atoms with E-state index >= 15 is 0 Å². The molecule has 1 aromatic rings. The minimum atomic E-state index is -1.16. The van der Waals surface area contributed by atoms with E-state index in [9.17, 15) is 18.8 Å². The number of amides is 1. The molecule has 1 aromatic heterocycles. The Labute approximate surface area is 121 Å². The van der Waals surface area contributed by atoms with Gasteiger partial charge in [-0.15, -0.1) is 0 Å². The van der Waals surface area contributed by atoms with Gasteiger partial charge in [0.25, 0.3) is 5.56 Å². The van der Waals surface area contributed by atoms with Crippen LogP contribution in [0.25, 0.3) is 0 Å². The maximum atomic E-state index is 13.2. The Morgan fingerprint density at radius 1 is 1.43 bits per heavy atom. The van der Waals surface area contributed by atoms with Gasteiger partial charge in [-0.3, -0.25) is 9.78 Å². The maximum Gasteiger partial charge on any atom is 0.336 e. The molecular weight excluding hydrogens is 277 g/mol. The van der Waals surface area contributed by atoms with Crippen LogP contribution in [-0.2, 0) is 0 Å². The van der Waals surface area contributed by atoms with Crippen molar-refractivity contribution < 1.29 is 9.18 Å². The van der Waals surface area contributed by atoms with E-state index < -0.39 is 23.1 Å². The average molecular weight is 297 g/mol. The Bertz CT molecular complexity index is 662. The molecule has 6 nitrogen and oxygen atoms in total. The van der Waals surface area contributed by atoms with Crippen LogP contribution in [0.15, 0.2) is 15.8 Å². The monoisotopic (exact) mass is 297 g/mol. The Kier molecular flexibility index (Phi) is 4.02. The summed E-state index contributed by atoms with van der Waals surface area (Å²) in [6.07, 6.45) is 3.31. The molecule has 2 atom stereocenters. The number of carbonyl (C=O) groups is 1. The highest BCUT2D eigenvalue weighted by Crippen LogP contribution is 2.38. The number of aromatic amines is 1. The lowest BCUT2D eigenvalue weighted by molar-refractivity contribution is 0.152. The van der Waals surface area contributed by atoms with Crippen LogP contribution < -0.4 is 16.6 Å². The van der Waals surface area contributed by atoms with Crippen molar-refractivity contribution in [3.63, 3.8) is 0 Å². The highest BCUT2D eigenvalue weighted by Gasteiger charge is 2.33. The smallest absolute Gasteiger partial charge is 0.335 e. The van der Waals surface area contributed by atoms with Crippen LogP contribution in [0, 0.1) is 17.2 Å².